The van der Waals surface area contributed by atoms with Gasteiger partial charge in [-0.2, -0.15) is 10.2 Å². The highest BCUT2D eigenvalue weighted by Gasteiger charge is 2.29. The molecule has 5 rings (SSSR count). The van der Waals surface area contributed by atoms with Crippen molar-refractivity contribution in [3.63, 3.8) is 0 Å². The number of carbonyl (C=O) groups excluding carboxylic acids is 1. The minimum absolute atomic E-state index is 0.0367. The number of carbonyl (C=O) groups is 1. The second-order valence-electron chi connectivity index (χ2n) is 6.33. The molecule has 1 saturated heterocycles. The molecule has 8 nitrogen and oxygen atoms in total. The summed E-state index contributed by atoms with van der Waals surface area (Å²) in [5.74, 6) is 0.0367. The van der Waals surface area contributed by atoms with Gasteiger partial charge in [-0.3, -0.25) is 9.89 Å². The van der Waals surface area contributed by atoms with Crippen molar-refractivity contribution in [2.45, 2.75) is 6.04 Å². The normalized spacial score (nSPS) is 14.7. The third kappa shape index (κ3) is 2.40. The summed E-state index contributed by atoms with van der Waals surface area (Å²) in [6.07, 6.45) is 9.04. The van der Waals surface area contributed by atoms with Crippen LogP contribution in [-0.4, -0.2) is 54.7 Å². The maximum absolute atomic E-state index is 12.4. The first kappa shape index (κ1) is 15.2. The van der Waals surface area contributed by atoms with Crippen molar-refractivity contribution < 1.29 is 4.79 Å². The number of fused-ring (bicyclic) bond motifs is 1. The van der Waals surface area contributed by atoms with Crippen LogP contribution in [-0.2, 0) is 0 Å². The Morgan fingerprint density at radius 2 is 2.12 bits per heavy atom. The van der Waals surface area contributed by atoms with Gasteiger partial charge in [-0.15, -0.1) is 11.3 Å². The lowest BCUT2D eigenvalue weighted by Crippen LogP contribution is -2.57. The van der Waals surface area contributed by atoms with Gasteiger partial charge >= 0.3 is 0 Å². The second kappa shape index (κ2) is 5.75. The van der Waals surface area contributed by atoms with Gasteiger partial charge in [0.05, 0.1) is 17.3 Å². The number of aromatic amines is 1. The molecule has 3 N–H and O–H groups in total. The number of aromatic nitrogens is 5. The molecular formula is C17H15N7OS. The summed E-state index contributed by atoms with van der Waals surface area (Å²) >= 11 is 1.44. The minimum Gasteiger partial charge on any atom is -0.335 e. The van der Waals surface area contributed by atoms with Gasteiger partial charge in [0.25, 0.3) is 5.91 Å². The first-order chi connectivity index (χ1) is 12.7. The van der Waals surface area contributed by atoms with Gasteiger partial charge in [-0.05, 0) is 17.0 Å². The van der Waals surface area contributed by atoms with Gasteiger partial charge in [0, 0.05) is 54.4 Å². The third-order valence-corrected chi connectivity index (χ3v) is 5.42. The average Bonchev–Trinajstić information content (AvgIpc) is 3.37. The molecule has 0 spiro atoms. The molecule has 0 atom stereocenters. The van der Waals surface area contributed by atoms with Gasteiger partial charge in [-0.25, -0.2) is 9.50 Å². The van der Waals surface area contributed by atoms with Crippen molar-refractivity contribution in [1.82, 2.24) is 29.7 Å². The molecule has 1 amide bonds. The Morgan fingerprint density at radius 3 is 2.88 bits per heavy atom. The first-order valence-electron chi connectivity index (χ1n) is 8.15. The lowest BCUT2D eigenvalue weighted by atomic mass is 10.1. The fourth-order valence-corrected chi connectivity index (χ4v) is 3.93. The van der Waals surface area contributed by atoms with E-state index in [0.717, 1.165) is 27.9 Å². The molecule has 0 bridgehead atoms. The highest BCUT2D eigenvalue weighted by Crippen LogP contribution is 2.30. The number of thiophene rings is 1. The van der Waals surface area contributed by atoms with E-state index in [9.17, 15) is 4.79 Å². The summed E-state index contributed by atoms with van der Waals surface area (Å²) in [5, 5.41) is 13.1. The van der Waals surface area contributed by atoms with Crippen molar-refractivity contribution in [2.75, 3.05) is 13.1 Å². The third-order valence-electron chi connectivity index (χ3n) is 4.51. The van der Waals surface area contributed by atoms with Gasteiger partial charge < -0.3 is 10.6 Å². The van der Waals surface area contributed by atoms with Crippen LogP contribution < -0.4 is 5.73 Å². The zero-order valence-corrected chi connectivity index (χ0v) is 14.5. The van der Waals surface area contributed by atoms with Crippen LogP contribution in [0.4, 0.5) is 0 Å². The van der Waals surface area contributed by atoms with Crippen LogP contribution in [0.2, 0.25) is 0 Å². The molecule has 0 unspecified atom stereocenters. The van der Waals surface area contributed by atoms with Crippen LogP contribution in [0.1, 0.15) is 9.67 Å². The molecule has 9 heteroatoms. The molecule has 1 fully saturated rings. The summed E-state index contributed by atoms with van der Waals surface area (Å²) in [5.41, 5.74) is 10.2. The molecule has 1 aliphatic heterocycles. The highest BCUT2D eigenvalue weighted by atomic mass is 32.1. The number of rotatable bonds is 3. The Kier molecular flexibility index (Phi) is 3.37. The van der Waals surface area contributed by atoms with Crippen molar-refractivity contribution in [1.29, 1.82) is 0 Å². The monoisotopic (exact) mass is 365 g/mol. The lowest BCUT2D eigenvalue weighted by molar-refractivity contribution is 0.0613. The minimum atomic E-state index is 0.0367. The molecule has 4 aromatic rings. The molecule has 0 aliphatic carbocycles. The maximum atomic E-state index is 12.4. The number of nitrogens with two attached hydrogens (primary N) is 1. The second-order valence-corrected chi connectivity index (χ2v) is 7.24. The quantitative estimate of drug-likeness (QED) is 0.574. The van der Waals surface area contributed by atoms with Gasteiger partial charge in [-0.1, -0.05) is 0 Å². The number of likely N-dealkylation sites (tertiary alicyclic amines) is 1. The fourth-order valence-electron chi connectivity index (χ4n) is 3.06. The van der Waals surface area contributed by atoms with Crippen LogP contribution in [0.25, 0.3) is 27.9 Å². The molecule has 0 saturated carbocycles. The van der Waals surface area contributed by atoms with E-state index in [0.29, 0.717) is 18.0 Å². The molecule has 26 heavy (non-hydrogen) atoms. The van der Waals surface area contributed by atoms with E-state index in [1.54, 1.807) is 28.0 Å². The zero-order chi connectivity index (χ0) is 17.7. The molecule has 5 heterocycles. The van der Waals surface area contributed by atoms with Crippen LogP contribution in [0.15, 0.2) is 42.4 Å². The Labute approximate surface area is 152 Å². The molecule has 4 aromatic heterocycles. The smallest absolute Gasteiger partial charge is 0.264 e. The summed E-state index contributed by atoms with van der Waals surface area (Å²) < 4.78 is 1.74. The first-order valence-corrected chi connectivity index (χ1v) is 9.03. The molecule has 1 aliphatic rings. The number of hydrogen-bond donors (Lipinski definition) is 2. The Bertz CT molecular complexity index is 1090. The maximum Gasteiger partial charge on any atom is 0.264 e. The number of H-pyrrole nitrogens is 1. The van der Waals surface area contributed by atoms with E-state index in [2.05, 4.69) is 20.3 Å². The number of nitrogens with one attached hydrogen (secondary N) is 1. The van der Waals surface area contributed by atoms with E-state index >= 15 is 0 Å². The fraction of sp³-hybridized carbons (Fsp3) is 0.176. The Morgan fingerprint density at radius 1 is 1.23 bits per heavy atom. The van der Waals surface area contributed by atoms with Crippen molar-refractivity contribution in [2.24, 2.45) is 5.73 Å². The molecule has 0 radical (unpaired) electrons. The zero-order valence-electron chi connectivity index (χ0n) is 13.7. The van der Waals surface area contributed by atoms with Gasteiger partial charge in [0.1, 0.15) is 0 Å². The molecule has 0 aromatic carbocycles. The summed E-state index contributed by atoms with van der Waals surface area (Å²) in [6, 6.07) is 2.01. The van der Waals surface area contributed by atoms with Crippen molar-refractivity contribution in [3.05, 3.63) is 47.3 Å². The van der Waals surface area contributed by atoms with Crippen LogP contribution >= 0.6 is 11.3 Å². The number of hydrogen-bond acceptors (Lipinski definition) is 6. The van der Waals surface area contributed by atoms with Crippen LogP contribution in [0.5, 0.6) is 0 Å². The van der Waals surface area contributed by atoms with E-state index in [1.165, 1.54) is 11.3 Å². The highest BCUT2D eigenvalue weighted by molar-refractivity contribution is 7.12. The summed E-state index contributed by atoms with van der Waals surface area (Å²) in [4.78, 5) is 19.5. The molecule has 130 valence electrons. The number of amides is 1. The SMILES string of the molecule is NC1CN(C(=O)c2cc(-c3cnn4cc(-c5cn[nH]c5)cnc34)cs2)C1. The Balaban J connectivity index is 1.47. The van der Waals surface area contributed by atoms with E-state index in [-0.39, 0.29) is 11.9 Å². The Hall–Kier alpha value is -3.04. The lowest BCUT2D eigenvalue weighted by Gasteiger charge is -2.36. The van der Waals surface area contributed by atoms with Gasteiger partial charge in [0.15, 0.2) is 5.65 Å². The van der Waals surface area contributed by atoms with E-state index in [4.69, 9.17) is 5.73 Å². The summed E-state index contributed by atoms with van der Waals surface area (Å²) in [7, 11) is 0. The predicted molar refractivity (Wildman–Crippen MR) is 97.8 cm³/mol. The van der Waals surface area contributed by atoms with Crippen LogP contribution in [0.3, 0.4) is 0 Å². The van der Waals surface area contributed by atoms with E-state index in [1.807, 2.05) is 23.8 Å². The van der Waals surface area contributed by atoms with Crippen molar-refractivity contribution in [3.8, 4) is 22.3 Å². The molecular weight excluding hydrogens is 350 g/mol. The summed E-state index contributed by atoms with van der Waals surface area (Å²) in [6.45, 7) is 1.25. The van der Waals surface area contributed by atoms with E-state index < -0.39 is 0 Å². The standard InChI is InChI=1S/C17H15N7OS/c18-13-7-23(8-13)17(25)15-1-10(9-26-15)14-5-22-24-6-12(2-19-16(14)24)11-3-20-21-4-11/h1-6,9,13H,7-8,18H2,(H,20,21). The predicted octanol–water partition coefficient (Wildman–Crippen LogP) is 1.63. The topological polar surface area (TPSA) is 105 Å². The van der Waals surface area contributed by atoms with Crippen molar-refractivity contribution >= 4 is 22.9 Å². The van der Waals surface area contributed by atoms with Crippen LogP contribution in [0, 0.1) is 0 Å². The van der Waals surface area contributed by atoms with Gasteiger partial charge in [0.2, 0.25) is 0 Å². The number of nitrogens with zero attached hydrogens (tertiary/aromatic N) is 5. The largest absolute Gasteiger partial charge is 0.335 e. The average molecular weight is 365 g/mol.